The van der Waals surface area contributed by atoms with Crippen molar-refractivity contribution in [1.29, 1.82) is 0 Å². The van der Waals surface area contributed by atoms with Crippen LogP contribution in [-0.4, -0.2) is 13.1 Å². The van der Waals surface area contributed by atoms with Crippen LogP contribution in [0.1, 0.15) is 156 Å². The molecular formula is C27H57N. The molecule has 0 bridgehead atoms. The van der Waals surface area contributed by atoms with Crippen molar-refractivity contribution in [2.45, 2.75) is 162 Å². The molecule has 0 aromatic heterocycles. The summed E-state index contributed by atoms with van der Waals surface area (Å²) < 4.78 is 0. The summed E-state index contributed by atoms with van der Waals surface area (Å²) in [5, 5.41) is 3.33. The van der Waals surface area contributed by atoms with E-state index in [0.717, 1.165) is 5.92 Å². The first kappa shape index (κ1) is 28.0. The van der Waals surface area contributed by atoms with E-state index in [1.54, 1.807) is 0 Å². The molecule has 1 N–H and O–H groups in total. The van der Waals surface area contributed by atoms with Crippen LogP contribution < -0.4 is 5.32 Å². The summed E-state index contributed by atoms with van der Waals surface area (Å²) in [6.07, 6.45) is 30.5. The Balaban J connectivity index is 3.16. The van der Waals surface area contributed by atoms with Crippen molar-refractivity contribution in [2.24, 2.45) is 5.92 Å². The fourth-order valence-corrected chi connectivity index (χ4v) is 4.27. The lowest BCUT2D eigenvalue weighted by atomic mass is 9.95. The van der Waals surface area contributed by atoms with Gasteiger partial charge >= 0.3 is 0 Å². The van der Waals surface area contributed by atoms with Crippen LogP contribution in [0.2, 0.25) is 0 Å². The predicted molar refractivity (Wildman–Crippen MR) is 130 cm³/mol. The van der Waals surface area contributed by atoms with Gasteiger partial charge in [0.15, 0.2) is 0 Å². The van der Waals surface area contributed by atoms with Gasteiger partial charge in [-0.2, -0.15) is 0 Å². The lowest BCUT2D eigenvalue weighted by Crippen LogP contribution is -2.20. The molecule has 0 aliphatic rings. The minimum atomic E-state index is 0.697. The fraction of sp³-hybridized carbons (Fsp3) is 1.00. The molecule has 0 saturated heterocycles. The van der Waals surface area contributed by atoms with E-state index in [4.69, 9.17) is 0 Å². The highest BCUT2D eigenvalue weighted by Gasteiger charge is 2.02. The van der Waals surface area contributed by atoms with Crippen molar-refractivity contribution < 1.29 is 0 Å². The zero-order chi connectivity index (χ0) is 20.7. The molecule has 0 aliphatic heterocycles. The molecule has 28 heavy (non-hydrogen) atoms. The summed E-state index contributed by atoms with van der Waals surface area (Å²) in [5.41, 5.74) is 0. The highest BCUT2D eigenvalue weighted by molar-refractivity contribution is 4.58. The maximum absolute atomic E-state index is 3.33. The van der Waals surface area contributed by atoms with Gasteiger partial charge < -0.3 is 5.32 Å². The van der Waals surface area contributed by atoms with Crippen LogP contribution >= 0.6 is 0 Å². The average molecular weight is 396 g/mol. The Morgan fingerprint density at radius 3 is 1.14 bits per heavy atom. The van der Waals surface area contributed by atoms with Gasteiger partial charge in [0.05, 0.1) is 0 Å². The van der Waals surface area contributed by atoms with Gasteiger partial charge in [-0.3, -0.25) is 0 Å². The fourth-order valence-electron chi connectivity index (χ4n) is 4.27. The molecule has 0 radical (unpaired) electrons. The molecular weight excluding hydrogens is 338 g/mol. The van der Waals surface area contributed by atoms with Gasteiger partial charge in [0.25, 0.3) is 0 Å². The molecule has 0 aliphatic carbocycles. The van der Waals surface area contributed by atoms with Gasteiger partial charge in [0.1, 0.15) is 0 Å². The standard InChI is InChI=1S/C27H57N/c1-5-6-7-8-9-10-11-14-17-20-23-26(2)24-21-18-15-12-13-16-19-22-25-27(3)28-4/h26-28H,5-25H2,1-4H3. The minimum Gasteiger partial charge on any atom is -0.317 e. The number of nitrogens with one attached hydrogen (secondary N) is 1. The number of hydrogen-bond donors (Lipinski definition) is 1. The molecule has 0 aromatic rings. The van der Waals surface area contributed by atoms with Crippen LogP contribution in [0.4, 0.5) is 0 Å². The van der Waals surface area contributed by atoms with E-state index >= 15 is 0 Å². The number of unbranched alkanes of at least 4 members (excludes halogenated alkanes) is 16. The van der Waals surface area contributed by atoms with E-state index in [-0.39, 0.29) is 0 Å². The van der Waals surface area contributed by atoms with Crippen molar-refractivity contribution in [3.63, 3.8) is 0 Å². The number of rotatable bonds is 23. The first-order valence-corrected chi connectivity index (χ1v) is 13.4. The second kappa shape index (κ2) is 23.2. The van der Waals surface area contributed by atoms with Gasteiger partial charge in [0, 0.05) is 6.04 Å². The second-order valence-corrected chi connectivity index (χ2v) is 9.67. The smallest absolute Gasteiger partial charge is 0.00357 e. The lowest BCUT2D eigenvalue weighted by molar-refractivity contribution is 0.429. The molecule has 2 atom stereocenters. The Morgan fingerprint density at radius 1 is 0.464 bits per heavy atom. The van der Waals surface area contributed by atoms with Crippen LogP contribution in [-0.2, 0) is 0 Å². The maximum atomic E-state index is 3.33. The average Bonchev–Trinajstić information content (AvgIpc) is 2.70. The van der Waals surface area contributed by atoms with Gasteiger partial charge in [-0.05, 0) is 26.3 Å². The van der Waals surface area contributed by atoms with Crippen molar-refractivity contribution in [3.05, 3.63) is 0 Å². The number of hydrogen-bond acceptors (Lipinski definition) is 1. The summed E-state index contributed by atoms with van der Waals surface area (Å²) in [7, 11) is 2.07. The Kier molecular flexibility index (Phi) is 23.2. The third kappa shape index (κ3) is 22.3. The normalized spacial score (nSPS) is 13.7. The van der Waals surface area contributed by atoms with Crippen molar-refractivity contribution in [1.82, 2.24) is 5.32 Å². The summed E-state index contributed by atoms with van der Waals surface area (Å²) >= 11 is 0. The van der Waals surface area contributed by atoms with Crippen LogP contribution in [0.25, 0.3) is 0 Å². The quantitative estimate of drug-likeness (QED) is 0.170. The zero-order valence-corrected chi connectivity index (χ0v) is 20.5. The third-order valence-corrected chi connectivity index (χ3v) is 6.63. The molecule has 1 heteroatoms. The topological polar surface area (TPSA) is 12.0 Å². The molecule has 0 spiro atoms. The Bertz CT molecular complexity index is 275. The van der Waals surface area contributed by atoms with Crippen molar-refractivity contribution in [3.8, 4) is 0 Å². The SMILES string of the molecule is CCCCCCCCCCCCC(C)CCCCCCCCCCC(C)NC. The van der Waals surface area contributed by atoms with E-state index < -0.39 is 0 Å². The maximum Gasteiger partial charge on any atom is 0.00357 e. The van der Waals surface area contributed by atoms with Crippen molar-refractivity contribution in [2.75, 3.05) is 7.05 Å². The van der Waals surface area contributed by atoms with Crippen molar-refractivity contribution >= 4 is 0 Å². The Hall–Kier alpha value is -0.0400. The molecule has 0 amide bonds. The highest BCUT2D eigenvalue weighted by atomic mass is 14.8. The lowest BCUT2D eigenvalue weighted by Gasteiger charge is -2.11. The summed E-state index contributed by atoms with van der Waals surface area (Å²) in [5.74, 6) is 0.961. The van der Waals surface area contributed by atoms with Crippen LogP contribution in [0, 0.1) is 5.92 Å². The van der Waals surface area contributed by atoms with Gasteiger partial charge in [-0.15, -0.1) is 0 Å². The first-order valence-electron chi connectivity index (χ1n) is 13.4. The third-order valence-electron chi connectivity index (χ3n) is 6.63. The van der Waals surface area contributed by atoms with E-state index in [1.165, 1.54) is 135 Å². The highest BCUT2D eigenvalue weighted by Crippen LogP contribution is 2.19. The van der Waals surface area contributed by atoms with E-state index in [0.29, 0.717) is 6.04 Å². The van der Waals surface area contributed by atoms with Gasteiger partial charge in [-0.1, -0.05) is 142 Å². The zero-order valence-electron chi connectivity index (χ0n) is 20.5. The molecule has 2 unspecified atom stereocenters. The molecule has 0 fully saturated rings. The molecule has 170 valence electrons. The van der Waals surface area contributed by atoms with E-state index in [1.807, 2.05) is 0 Å². The van der Waals surface area contributed by atoms with Crippen LogP contribution in [0.3, 0.4) is 0 Å². The van der Waals surface area contributed by atoms with Gasteiger partial charge in [0.2, 0.25) is 0 Å². The first-order chi connectivity index (χ1) is 13.7. The largest absolute Gasteiger partial charge is 0.317 e. The van der Waals surface area contributed by atoms with Crippen LogP contribution in [0.15, 0.2) is 0 Å². The molecule has 0 saturated carbocycles. The van der Waals surface area contributed by atoms with Crippen LogP contribution in [0.5, 0.6) is 0 Å². The molecule has 0 aromatic carbocycles. The summed E-state index contributed by atoms with van der Waals surface area (Å²) in [6.45, 7) is 7.08. The van der Waals surface area contributed by atoms with Gasteiger partial charge in [-0.25, -0.2) is 0 Å². The second-order valence-electron chi connectivity index (χ2n) is 9.67. The molecule has 0 rings (SSSR count). The molecule has 1 nitrogen and oxygen atoms in total. The Morgan fingerprint density at radius 2 is 0.786 bits per heavy atom. The van der Waals surface area contributed by atoms with E-state index in [9.17, 15) is 0 Å². The predicted octanol–water partition coefficient (Wildman–Crippen LogP) is 9.44. The Labute approximate surface area is 180 Å². The molecule has 0 heterocycles. The minimum absolute atomic E-state index is 0.697. The van der Waals surface area contributed by atoms with E-state index in [2.05, 4.69) is 33.1 Å². The summed E-state index contributed by atoms with van der Waals surface area (Å²) in [4.78, 5) is 0. The summed E-state index contributed by atoms with van der Waals surface area (Å²) in [6, 6.07) is 0.697. The monoisotopic (exact) mass is 395 g/mol.